The zero-order chi connectivity index (χ0) is 34.2. The van der Waals surface area contributed by atoms with E-state index in [0.29, 0.717) is 0 Å². The van der Waals surface area contributed by atoms with Crippen LogP contribution >= 0.6 is 22.7 Å². The van der Waals surface area contributed by atoms with Crippen LogP contribution in [-0.4, -0.2) is 0 Å². The molecule has 3 heteroatoms. The van der Waals surface area contributed by atoms with Gasteiger partial charge in [-0.1, -0.05) is 146 Å². The summed E-state index contributed by atoms with van der Waals surface area (Å²) < 4.78 is 5.19. The molecule has 11 rings (SSSR count). The molecule has 1 nitrogen and oxygen atoms in total. The van der Waals surface area contributed by atoms with Gasteiger partial charge in [0.2, 0.25) is 0 Å². The maximum Gasteiger partial charge on any atom is 0.0720 e. The largest absolute Gasteiger partial charge is 0.308 e. The van der Waals surface area contributed by atoms with Crippen LogP contribution in [0.2, 0.25) is 0 Å². The first kappa shape index (κ1) is 29.7. The van der Waals surface area contributed by atoms with E-state index in [2.05, 4.69) is 193 Å². The van der Waals surface area contributed by atoms with Gasteiger partial charge >= 0.3 is 0 Å². The van der Waals surface area contributed by atoms with Crippen molar-refractivity contribution in [2.75, 3.05) is 4.90 Å². The molecule has 0 atom stereocenters. The molecule has 244 valence electrons. The van der Waals surface area contributed by atoms with Crippen molar-refractivity contribution < 1.29 is 0 Å². The highest BCUT2D eigenvalue weighted by atomic mass is 32.1. The summed E-state index contributed by atoms with van der Waals surface area (Å²) >= 11 is 3.78. The zero-order valence-corrected chi connectivity index (χ0v) is 29.8. The van der Waals surface area contributed by atoms with Crippen molar-refractivity contribution in [1.29, 1.82) is 0 Å². The van der Waals surface area contributed by atoms with Gasteiger partial charge in [-0.05, 0) is 75.8 Å². The summed E-state index contributed by atoms with van der Waals surface area (Å²) in [6.07, 6.45) is 0. The minimum absolute atomic E-state index is 0.474. The molecule has 2 heterocycles. The highest BCUT2D eigenvalue weighted by Gasteiger charge is 2.47. The van der Waals surface area contributed by atoms with Crippen molar-refractivity contribution in [2.45, 2.75) is 5.41 Å². The van der Waals surface area contributed by atoms with Crippen LogP contribution in [0, 0.1) is 0 Å². The van der Waals surface area contributed by atoms with Crippen LogP contribution in [0.3, 0.4) is 0 Å². The summed E-state index contributed by atoms with van der Waals surface area (Å²) in [5, 5.41) is 5.21. The van der Waals surface area contributed by atoms with E-state index in [9.17, 15) is 0 Å². The molecule has 0 fully saturated rings. The Hall–Kier alpha value is -6.00. The van der Waals surface area contributed by atoms with Crippen LogP contribution < -0.4 is 4.90 Å². The number of para-hydroxylation sites is 1. The number of nitrogens with zero attached hydrogens (tertiary/aromatic N) is 1. The van der Waals surface area contributed by atoms with E-state index in [1.54, 1.807) is 0 Å². The molecule has 0 amide bonds. The van der Waals surface area contributed by atoms with E-state index in [-0.39, 0.29) is 0 Å². The van der Waals surface area contributed by atoms with Gasteiger partial charge in [0.1, 0.15) is 0 Å². The van der Waals surface area contributed by atoms with Crippen LogP contribution in [0.1, 0.15) is 22.3 Å². The lowest BCUT2D eigenvalue weighted by molar-refractivity contribution is 0.777. The fourth-order valence-corrected chi connectivity index (χ4v) is 11.3. The maximum absolute atomic E-state index is 2.49. The summed E-state index contributed by atoms with van der Waals surface area (Å²) in [4.78, 5) is 2.49. The second-order valence-electron chi connectivity index (χ2n) is 13.6. The number of rotatable bonds is 5. The van der Waals surface area contributed by atoms with Crippen LogP contribution in [0.25, 0.3) is 51.5 Å². The van der Waals surface area contributed by atoms with Gasteiger partial charge in [-0.25, -0.2) is 0 Å². The summed E-state index contributed by atoms with van der Waals surface area (Å²) in [6.45, 7) is 0. The molecule has 0 aliphatic heterocycles. The second-order valence-corrected chi connectivity index (χ2v) is 15.7. The molecule has 10 aromatic rings. The topological polar surface area (TPSA) is 3.24 Å². The molecule has 0 saturated carbocycles. The van der Waals surface area contributed by atoms with Crippen LogP contribution in [0.5, 0.6) is 0 Å². The average Bonchev–Trinajstić information content (AvgIpc) is 3.88. The number of thiophene rings is 2. The molecule has 52 heavy (non-hydrogen) atoms. The van der Waals surface area contributed by atoms with Crippen molar-refractivity contribution >= 4 is 80.1 Å². The van der Waals surface area contributed by atoms with E-state index in [1.807, 2.05) is 22.7 Å². The van der Waals surface area contributed by atoms with Gasteiger partial charge in [0.25, 0.3) is 0 Å². The lowest BCUT2D eigenvalue weighted by Gasteiger charge is -2.34. The first-order chi connectivity index (χ1) is 25.8. The third kappa shape index (κ3) is 4.09. The molecule has 0 unspecified atom stereocenters. The van der Waals surface area contributed by atoms with Crippen molar-refractivity contribution in [3.05, 3.63) is 210 Å². The molecular formula is C49H31NS2. The molecule has 0 spiro atoms. The lowest BCUT2D eigenvalue weighted by atomic mass is 9.66. The van der Waals surface area contributed by atoms with Crippen LogP contribution in [0.15, 0.2) is 188 Å². The Labute approximate surface area is 310 Å². The van der Waals surface area contributed by atoms with E-state index in [1.165, 1.54) is 85.1 Å². The van der Waals surface area contributed by atoms with Crippen molar-refractivity contribution in [3.63, 3.8) is 0 Å². The third-order valence-corrected chi connectivity index (χ3v) is 13.3. The predicted octanol–water partition coefficient (Wildman–Crippen LogP) is 14.3. The van der Waals surface area contributed by atoms with Crippen LogP contribution in [-0.2, 0) is 5.41 Å². The first-order valence-electron chi connectivity index (χ1n) is 17.8. The second kappa shape index (κ2) is 11.5. The summed E-state index contributed by atoms with van der Waals surface area (Å²) in [6, 6.07) is 69.6. The minimum atomic E-state index is -0.474. The van der Waals surface area contributed by atoms with Gasteiger partial charge in [0.05, 0.1) is 21.5 Å². The summed E-state index contributed by atoms with van der Waals surface area (Å²) in [5.41, 5.74) is 11.0. The molecule has 8 aromatic carbocycles. The van der Waals surface area contributed by atoms with E-state index < -0.39 is 5.41 Å². The fourth-order valence-electron chi connectivity index (χ4n) is 8.93. The van der Waals surface area contributed by atoms with Gasteiger partial charge in [0, 0.05) is 41.3 Å². The summed E-state index contributed by atoms with van der Waals surface area (Å²) in [5.74, 6) is 0. The molecular weight excluding hydrogens is 667 g/mol. The molecule has 0 bridgehead atoms. The van der Waals surface area contributed by atoms with Crippen molar-refractivity contribution in [2.24, 2.45) is 0 Å². The Morgan fingerprint density at radius 2 is 0.904 bits per heavy atom. The van der Waals surface area contributed by atoms with Gasteiger partial charge in [-0.15, -0.1) is 22.7 Å². The normalized spacial score (nSPS) is 13.2. The van der Waals surface area contributed by atoms with Gasteiger partial charge in [-0.3, -0.25) is 0 Å². The quantitative estimate of drug-likeness (QED) is 0.173. The third-order valence-electron chi connectivity index (χ3n) is 10.9. The molecule has 0 radical (unpaired) electrons. The Bertz CT molecular complexity index is 2930. The number of anilines is 3. The number of fused-ring (bicyclic) bond motifs is 9. The average molecular weight is 698 g/mol. The molecule has 1 aliphatic carbocycles. The molecule has 1 aliphatic rings. The Balaban J connectivity index is 1.24. The standard InChI is InChI=1S/C49H31NS2/c1-3-16-32(17-4-1)49(38-24-10-7-20-34(38)35-21-8-11-25-39(35)49)40-26-14-30-44-46(40)37-23-13-28-42(48(37)52-44)50(33-18-5-2-6-19-33)41-27-15-31-45-47(41)36-22-9-12-29-43(36)51-45/h1-31H. The lowest BCUT2D eigenvalue weighted by Crippen LogP contribution is -2.28. The van der Waals surface area contributed by atoms with E-state index in [4.69, 9.17) is 0 Å². The monoisotopic (exact) mass is 697 g/mol. The number of hydrogen-bond acceptors (Lipinski definition) is 3. The Morgan fingerprint density at radius 1 is 0.365 bits per heavy atom. The molecule has 0 N–H and O–H groups in total. The highest BCUT2D eigenvalue weighted by molar-refractivity contribution is 7.26. The first-order valence-corrected chi connectivity index (χ1v) is 19.4. The van der Waals surface area contributed by atoms with E-state index in [0.717, 1.165) is 5.69 Å². The van der Waals surface area contributed by atoms with Gasteiger partial charge in [-0.2, -0.15) is 0 Å². The van der Waals surface area contributed by atoms with Crippen molar-refractivity contribution in [1.82, 2.24) is 0 Å². The van der Waals surface area contributed by atoms with E-state index >= 15 is 0 Å². The number of hydrogen-bond donors (Lipinski definition) is 0. The summed E-state index contributed by atoms with van der Waals surface area (Å²) in [7, 11) is 0. The maximum atomic E-state index is 2.49. The smallest absolute Gasteiger partial charge is 0.0720 e. The Morgan fingerprint density at radius 3 is 1.67 bits per heavy atom. The molecule has 0 saturated heterocycles. The van der Waals surface area contributed by atoms with Crippen molar-refractivity contribution in [3.8, 4) is 11.1 Å². The van der Waals surface area contributed by atoms with Gasteiger partial charge < -0.3 is 4.90 Å². The highest BCUT2D eigenvalue weighted by Crippen LogP contribution is 2.59. The zero-order valence-electron chi connectivity index (χ0n) is 28.2. The minimum Gasteiger partial charge on any atom is -0.308 e. The fraction of sp³-hybridized carbons (Fsp3) is 0.0204. The predicted molar refractivity (Wildman–Crippen MR) is 224 cm³/mol. The van der Waals surface area contributed by atoms with Crippen LogP contribution in [0.4, 0.5) is 17.1 Å². The SMILES string of the molecule is c1ccc(N(c2cccc3c2sc2cccc(C4(c5ccccc5)c5ccccc5-c5ccccc54)c23)c2cccc3sc4ccccc4c23)cc1. The number of benzene rings is 8. The van der Waals surface area contributed by atoms with Gasteiger partial charge in [0.15, 0.2) is 0 Å². The molecule has 2 aromatic heterocycles. The Kier molecular flexibility index (Phi) is 6.57.